The van der Waals surface area contributed by atoms with Gasteiger partial charge < -0.3 is 9.47 Å². The molecule has 5 heteroatoms. The number of pyridine rings is 1. The summed E-state index contributed by atoms with van der Waals surface area (Å²) in [6.07, 6.45) is 7.40. The summed E-state index contributed by atoms with van der Waals surface area (Å²) >= 11 is 0. The summed E-state index contributed by atoms with van der Waals surface area (Å²) in [5.41, 5.74) is 1.87. The van der Waals surface area contributed by atoms with E-state index in [1.807, 2.05) is 19.2 Å². The van der Waals surface area contributed by atoms with Gasteiger partial charge in [-0.1, -0.05) is 12.8 Å². The third kappa shape index (κ3) is 2.19. The Kier molecular flexibility index (Phi) is 3.36. The second-order valence-corrected chi connectivity index (χ2v) is 6.63. The van der Waals surface area contributed by atoms with Crippen LogP contribution in [0.15, 0.2) is 18.3 Å². The molecule has 2 aromatic heterocycles. The number of hydrogen-bond donors (Lipinski definition) is 0. The summed E-state index contributed by atoms with van der Waals surface area (Å²) in [5, 5.41) is 0. The maximum Gasteiger partial charge on any atom is 0.225 e. The third-order valence-corrected chi connectivity index (χ3v) is 5.23. The van der Waals surface area contributed by atoms with Crippen molar-refractivity contribution in [2.24, 2.45) is 13.0 Å². The van der Waals surface area contributed by atoms with Crippen molar-refractivity contribution in [2.45, 2.75) is 38.0 Å². The van der Waals surface area contributed by atoms with Gasteiger partial charge in [0.15, 0.2) is 5.65 Å². The summed E-state index contributed by atoms with van der Waals surface area (Å²) in [6.45, 7) is 1.68. The van der Waals surface area contributed by atoms with Crippen molar-refractivity contribution in [1.29, 1.82) is 0 Å². The summed E-state index contributed by atoms with van der Waals surface area (Å²) in [4.78, 5) is 23.8. The number of amides is 1. The zero-order valence-electron chi connectivity index (χ0n) is 13.0. The first-order valence-corrected chi connectivity index (χ1v) is 8.30. The summed E-state index contributed by atoms with van der Waals surface area (Å²) in [5.74, 6) is 2.05. The van der Waals surface area contributed by atoms with Crippen LogP contribution in [0.5, 0.6) is 0 Å². The number of fused-ring (bicyclic) bond motifs is 1. The van der Waals surface area contributed by atoms with E-state index in [-0.39, 0.29) is 5.92 Å². The van der Waals surface area contributed by atoms with Crippen LogP contribution in [-0.2, 0) is 11.8 Å². The van der Waals surface area contributed by atoms with E-state index < -0.39 is 0 Å². The topological polar surface area (TPSA) is 51.0 Å². The van der Waals surface area contributed by atoms with E-state index in [4.69, 9.17) is 4.98 Å². The molecule has 0 bridgehead atoms. The fourth-order valence-electron chi connectivity index (χ4n) is 4.01. The number of aromatic nitrogens is 3. The molecule has 0 N–H and O–H groups in total. The molecule has 1 amide bonds. The molecule has 0 radical (unpaired) electrons. The van der Waals surface area contributed by atoms with E-state index in [1.165, 1.54) is 12.8 Å². The molecule has 1 unspecified atom stereocenters. The van der Waals surface area contributed by atoms with Gasteiger partial charge in [-0.2, -0.15) is 0 Å². The van der Waals surface area contributed by atoms with Gasteiger partial charge in [0.05, 0.1) is 0 Å². The Bertz CT molecular complexity index is 702. The Morgan fingerprint density at radius 3 is 2.86 bits per heavy atom. The van der Waals surface area contributed by atoms with E-state index in [0.29, 0.717) is 11.8 Å². The van der Waals surface area contributed by atoms with Gasteiger partial charge in [0.25, 0.3) is 0 Å². The largest absolute Gasteiger partial charge is 0.342 e. The number of carbonyl (C=O) groups excluding carboxylic acids is 1. The minimum absolute atomic E-state index is 0.279. The number of rotatable bonds is 2. The van der Waals surface area contributed by atoms with Gasteiger partial charge in [-0.05, 0) is 31.4 Å². The molecule has 2 fully saturated rings. The molecule has 4 rings (SSSR count). The van der Waals surface area contributed by atoms with Crippen molar-refractivity contribution in [3.63, 3.8) is 0 Å². The van der Waals surface area contributed by atoms with Crippen LogP contribution < -0.4 is 0 Å². The minimum atomic E-state index is 0.279. The van der Waals surface area contributed by atoms with Gasteiger partial charge >= 0.3 is 0 Å². The predicted octanol–water partition coefficient (Wildman–Crippen LogP) is 2.47. The van der Waals surface area contributed by atoms with Crippen molar-refractivity contribution in [2.75, 3.05) is 13.1 Å². The van der Waals surface area contributed by atoms with Crippen LogP contribution in [0, 0.1) is 5.92 Å². The summed E-state index contributed by atoms with van der Waals surface area (Å²) in [7, 11) is 2.03. The van der Waals surface area contributed by atoms with Crippen LogP contribution in [0.2, 0.25) is 0 Å². The first kappa shape index (κ1) is 13.7. The predicted molar refractivity (Wildman–Crippen MR) is 84.4 cm³/mol. The molecule has 5 nitrogen and oxygen atoms in total. The monoisotopic (exact) mass is 298 g/mol. The molecule has 0 spiro atoms. The lowest BCUT2D eigenvalue weighted by atomic mass is 10.1. The molecular formula is C17H22N4O. The minimum Gasteiger partial charge on any atom is -0.342 e. The Hall–Kier alpha value is -1.91. The SMILES string of the molecule is Cn1c(C2CCN(C(=O)C3CCCC3)C2)nc2cccnc21. The molecular weight excluding hydrogens is 276 g/mol. The van der Waals surface area contributed by atoms with Crippen molar-refractivity contribution in [3.05, 3.63) is 24.2 Å². The van der Waals surface area contributed by atoms with Gasteiger partial charge in [0.2, 0.25) is 5.91 Å². The highest BCUT2D eigenvalue weighted by Gasteiger charge is 2.34. The molecule has 3 heterocycles. The molecule has 1 aliphatic carbocycles. The van der Waals surface area contributed by atoms with Crippen LogP contribution in [0.3, 0.4) is 0 Å². The highest BCUT2D eigenvalue weighted by atomic mass is 16.2. The number of aryl methyl sites for hydroxylation is 1. The molecule has 1 saturated carbocycles. The van der Waals surface area contributed by atoms with Gasteiger partial charge in [-0.3, -0.25) is 4.79 Å². The molecule has 2 aliphatic rings. The molecule has 1 saturated heterocycles. The normalized spacial score (nSPS) is 22.8. The third-order valence-electron chi connectivity index (χ3n) is 5.23. The second kappa shape index (κ2) is 5.38. The van der Waals surface area contributed by atoms with Gasteiger partial charge in [-0.25, -0.2) is 9.97 Å². The second-order valence-electron chi connectivity index (χ2n) is 6.63. The van der Waals surface area contributed by atoms with E-state index >= 15 is 0 Å². The molecule has 1 atom stereocenters. The average molecular weight is 298 g/mol. The van der Waals surface area contributed by atoms with Crippen molar-refractivity contribution in [1.82, 2.24) is 19.4 Å². The number of imidazole rings is 1. The number of likely N-dealkylation sites (tertiary alicyclic amines) is 1. The number of hydrogen-bond acceptors (Lipinski definition) is 3. The smallest absolute Gasteiger partial charge is 0.225 e. The zero-order chi connectivity index (χ0) is 15.1. The van der Waals surface area contributed by atoms with Gasteiger partial charge in [0.1, 0.15) is 11.3 Å². The van der Waals surface area contributed by atoms with E-state index in [0.717, 1.165) is 49.3 Å². The summed E-state index contributed by atoms with van der Waals surface area (Å²) in [6, 6.07) is 3.92. The molecule has 2 aromatic rings. The van der Waals surface area contributed by atoms with Crippen molar-refractivity contribution in [3.8, 4) is 0 Å². The van der Waals surface area contributed by atoms with Crippen LogP contribution in [0.1, 0.15) is 43.8 Å². The Balaban J connectivity index is 1.54. The van der Waals surface area contributed by atoms with Crippen LogP contribution >= 0.6 is 0 Å². The number of nitrogens with zero attached hydrogens (tertiary/aromatic N) is 4. The lowest BCUT2D eigenvalue weighted by molar-refractivity contribution is -0.134. The first-order valence-electron chi connectivity index (χ1n) is 8.30. The van der Waals surface area contributed by atoms with E-state index in [2.05, 4.69) is 14.5 Å². The molecule has 116 valence electrons. The van der Waals surface area contributed by atoms with E-state index in [9.17, 15) is 4.79 Å². The standard InChI is InChI=1S/C17H22N4O/c1-20-15(19-14-7-4-9-18-16(14)20)13-8-10-21(11-13)17(22)12-5-2-3-6-12/h4,7,9,12-13H,2-3,5-6,8,10-11H2,1H3. The highest BCUT2D eigenvalue weighted by molar-refractivity contribution is 5.79. The van der Waals surface area contributed by atoms with Crippen LogP contribution in [-0.4, -0.2) is 38.4 Å². The van der Waals surface area contributed by atoms with Gasteiger partial charge in [0, 0.05) is 38.2 Å². The number of carbonyl (C=O) groups is 1. The quantitative estimate of drug-likeness (QED) is 0.856. The fourth-order valence-corrected chi connectivity index (χ4v) is 4.01. The maximum absolute atomic E-state index is 12.6. The van der Waals surface area contributed by atoms with Gasteiger partial charge in [-0.15, -0.1) is 0 Å². The fraction of sp³-hybridized carbons (Fsp3) is 0.588. The maximum atomic E-state index is 12.6. The van der Waals surface area contributed by atoms with Crippen LogP contribution in [0.4, 0.5) is 0 Å². The molecule has 1 aliphatic heterocycles. The van der Waals surface area contributed by atoms with Crippen LogP contribution in [0.25, 0.3) is 11.2 Å². The Morgan fingerprint density at radius 1 is 1.27 bits per heavy atom. The van der Waals surface area contributed by atoms with Crippen molar-refractivity contribution < 1.29 is 4.79 Å². The highest BCUT2D eigenvalue weighted by Crippen LogP contribution is 2.32. The Morgan fingerprint density at radius 2 is 2.09 bits per heavy atom. The van der Waals surface area contributed by atoms with Crippen molar-refractivity contribution >= 4 is 17.1 Å². The first-order chi connectivity index (χ1) is 10.7. The lowest BCUT2D eigenvalue weighted by Crippen LogP contribution is -2.33. The average Bonchev–Trinajstić information content (AvgIpc) is 3.27. The zero-order valence-corrected chi connectivity index (χ0v) is 13.0. The molecule has 22 heavy (non-hydrogen) atoms. The Labute approximate surface area is 130 Å². The van der Waals surface area contributed by atoms with E-state index in [1.54, 1.807) is 6.20 Å². The summed E-state index contributed by atoms with van der Waals surface area (Å²) < 4.78 is 2.09. The lowest BCUT2D eigenvalue weighted by Gasteiger charge is -2.20. The molecule has 0 aromatic carbocycles.